The summed E-state index contributed by atoms with van der Waals surface area (Å²) < 4.78 is 19.5. The first-order valence-electron chi connectivity index (χ1n) is 11.7. The number of methoxy groups -OCH3 is 1. The molecule has 0 radical (unpaired) electrons. The lowest BCUT2D eigenvalue weighted by atomic mass is 9.96. The van der Waals surface area contributed by atoms with Crippen molar-refractivity contribution in [1.82, 2.24) is 16.0 Å². The standard InChI is InChI=1S/C26H34FN3O2/c1-17(24-16-23(32-2)9-10-25(24)27)29-22-8-7-20(15-22)18-3-5-19(6-4-18)26(31)30-21-11-13-28-14-12-21/h3-6,9-10,16-17,20-22,28-29H,7-8,11-15H2,1-2H3,(H,30,31). The predicted octanol–water partition coefficient (Wildman–Crippen LogP) is 4.30. The van der Waals surface area contributed by atoms with E-state index in [0.717, 1.165) is 50.8 Å². The molecule has 5 nitrogen and oxygen atoms in total. The molecule has 172 valence electrons. The molecule has 6 heteroatoms. The van der Waals surface area contributed by atoms with Gasteiger partial charge in [-0.1, -0.05) is 12.1 Å². The molecule has 0 spiro atoms. The summed E-state index contributed by atoms with van der Waals surface area (Å²) in [4.78, 5) is 12.5. The Bertz CT molecular complexity index is 912. The molecule has 32 heavy (non-hydrogen) atoms. The normalized spacial score (nSPS) is 22.5. The van der Waals surface area contributed by atoms with Gasteiger partial charge in [0.15, 0.2) is 0 Å². The maximum absolute atomic E-state index is 14.3. The van der Waals surface area contributed by atoms with Gasteiger partial charge in [-0.15, -0.1) is 0 Å². The zero-order valence-electron chi connectivity index (χ0n) is 19.0. The third-order valence-corrected chi connectivity index (χ3v) is 6.91. The fourth-order valence-electron chi connectivity index (χ4n) is 5.00. The Morgan fingerprint density at radius 2 is 1.81 bits per heavy atom. The maximum atomic E-state index is 14.3. The van der Waals surface area contributed by atoms with Gasteiger partial charge in [-0.05, 0) is 93.9 Å². The van der Waals surface area contributed by atoms with Crippen LogP contribution in [0.25, 0.3) is 0 Å². The highest BCUT2D eigenvalue weighted by atomic mass is 19.1. The van der Waals surface area contributed by atoms with Crippen molar-refractivity contribution in [2.24, 2.45) is 0 Å². The fraction of sp³-hybridized carbons (Fsp3) is 0.500. The predicted molar refractivity (Wildman–Crippen MR) is 125 cm³/mol. The van der Waals surface area contributed by atoms with Crippen molar-refractivity contribution in [3.8, 4) is 5.75 Å². The van der Waals surface area contributed by atoms with Crippen molar-refractivity contribution < 1.29 is 13.9 Å². The number of carbonyl (C=O) groups excluding carboxylic acids is 1. The number of rotatable bonds is 7. The van der Waals surface area contributed by atoms with E-state index in [0.29, 0.717) is 23.3 Å². The SMILES string of the molecule is COc1ccc(F)c(C(C)NC2CCC(c3ccc(C(=O)NC4CCNCC4)cc3)C2)c1. The summed E-state index contributed by atoms with van der Waals surface area (Å²) in [6.07, 6.45) is 5.12. The first kappa shape index (κ1) is 22.7. The Hall–Kier alpha value is -2.44. The third-order valence-electron chi connectivity index (χ3n) is 6.91. The lowest BCUT2D eigenvalue weighted by Gasteiger charge is -2.23. The van der Waals surface area contributed by atoms with Crippen LogP contribution in [0.4, 0.5) is 4.39 Å². The highest BCUT2D eigenvalue weighted by Crippen LogP contribution is 2.36. The lowest BCUT2D eigenvalue weighted by Crippen LogP contribution is -2.42. The molecule has 0 aromatic heterocycles. The van der Waals surface area contributed by atoms with E-state index in [9.17, 15) is 9.18 Å². The second kappa shape index (κ2) is 10.5. The minimum Gasteiger partial charge on any atom is -0.497 e. The Kier molecular flexibility index (Phi) is 7.43. The molecular formula is C26H34FN3O2. The van der Waals surface area contributed by atoms with Gasteiger partial charge in [-0.2, -0.15) is 0 Å². The Morgan fingerprint density at radius 1 is 1.06 bits per heavy atom. The Balaban J connectivity index is 1.31. The van der Waals surface area contributed by atoms with Crippen LogP contribution in [0.2, 0.25) is 0 Å². The van der Waals surface area contributed by atoms with Gasteiger partial charge in [-0.25, -0.2) is 4.39 Å². The van der Waals surface area contributed by atoms with Gasteiger partial charge >= 0.3 is 0 Å². The number of hydrogen-bond acceptors (Lipinski definition) is 4. The Morgan fingerprint density at radius 3 is 2.53 bits per heavy atom. The van der Waals surface area contributed by atoms with Crippen molar-refractivity contribution >= 4 is 5.91 Å². The number of halogens is 1. The number of hydrogen-bond donors (Lipinski definition) is 3. The second-order valence-electron chi connectivity index (χ2n) is 9.10. The molecule has 1 saturated heterocycles. The van der Waals surface area contributed by atoms with Crippen LogP contribution in [0.1, 0.15) is 72.5 Å². The fourth-order valence-corrected chi connectivity index (χ4v) is 5.00. The van der Waals surface area contributed by atoms with Gasteiger partial charge in [0.1, 0.15) is 11.6 Å². The van der Waals surface area contributed by atoms with Crippen molar-refractivity contribution in [3.63, 3.8) is 0 Å². The van der Waals surface area contributed by atoms with Crippen LogP contribution < -0.4 is 20.7 Å². The van der Waals surface area contributed by atoms with Crippen molar-refractivity contribution in [2.75, 3.05) is 20.2 Å². The largest absolute Gasteiger partial charge is 0.497 e. The van der Waals surface area contributed by atoms with Gasteiger partial charge in [0.05, 0.1) is 7.11 Å². The number of nitrogens with one attached hydrogen (secondary N) is 3. The van der Waals surface area contributed by atoms with Gasteiger partial charge in [0, 0.05) is 29.3 Å². The summed E-state index contributed by atoms with van der Waals surface area (Å²) in [7, 11) is 1.60. The smallest absolute Gasteiger partial charge is 0.251 e. The van der Waals surface area contributed by atoms with E-state index >= 15 is 0 Å². The molecule has 2 fully saturated rings. The van der Waals surface area contributed by atoms with Crippen LogP contribution >= 0.6 is 0 Å². The lowest BCUT2D eigenvalue weighted by molar-refractivity contribution is 0.0929. The molecule has 0 bridgehead atoms. The van der Waals surface area contributed by atoms with E-state index in [4.69, 9.17) is 4.74 Å². The van der Waals surface area contributed by atoms with E-state index in [-0.39, 0.29) is 23.8 Å². The minimum absolute atomic E-state index is 0.0172. The van der Waals surface area contributed by atoms with Crippen molar-refractivity contribution in [3.05, 3.63) is 65.0 Å². The molecule has 3 unspecified atom stereocenters. The molecule has 2 aromatic rings. The monoisotopic (exact) mass is 439 g/mol. The average Bonchev–Trinajstić information content (AvgIpc) is 3.28. The summed E-state index contributed by atoms with van der Waals surface area (Å²) in [5, 5.41) is 10.1. The number of piperidine rings is 1. The molecule has 2 aromatic carbocycles. The summed E-state index contributed by atoms with van der Waals surface area (Å²) in [5.74, 6) is 0.933. The molecule has 2 aliphatic rings. The van der Waals surface area contributed by atoms with Gasteiger partial charge in [0.2, 0.25) is 0 Å². The topological polar surface area (TPSA) is 62.4 Å². The quantitative estimate of drug-likeness (QED) is 0.602. The second-order valence-corrected chi connectivity index (χ2v) is 9.10. The van der Waals surface area contributed by atoms with E-state index < -0.39 is 0 Å². The van der Waals surface area contributed by atoms with E-state index in [2.05, 4.69) is 28.1 Å². The number of carbonyl (C=O) groups is 1. The number of benzene rings is 2. The molecule has 1 saturated carbocycles. The maximum Gasteiger partial charge on any atom is 0.251 e. The van der Waals surface area contributed by atoms with Crippen LogP contribution in [0, 0.1) is 5.82 Å². The molecule has 4 rings (SSSR count). The van der Waals surface area contributed by atoms with Gasteiger partial charge in [0.25, 0.3) is 5.91 Å². The van der Waals surface area contributed by atoms with Crippen LogP contribution in [0.5, 0.6) is 5.75 Å². The van der Waals surface area contributed by atoms with Gasteiger partial charge in [-0.3, -0.25) is 4.79 Å². The molecule has 1 aliphatic heterocycles. The molecule has 1 heterocycles. The number of ether oxygens (including phenoxy) is 1. The van der Waals surface area contributed by atoms with Crippen molar-refractivity contribution in [2.45, 2.75) is 63.1 Å². The minimum atomic E-state index is -0.210. The molecule has 3 N–H and O–H groups in total. The first-order valence-corrected chi connectivity index (χ1v) is 11.7. The zero-order chi connectivity index (χ0) is 22.5. The van der Waals surface area contributed by atoms with Crippen LogP contribution in [0.3, 0.4) is 0 Å². The Labute approximate surface area is 190 Å². The van der Waals surface area contributed by atoms with Crippen LogP contribution in [0.15, 0.2) is 42.5 Å². The highest BCUT2D eigenvalue weighted by Gasteiger charge is 2.28. The molecular weight excluding hydrogens is 405 g/mol. The van der Waals surface area contributed by atoms with E-state index in [1.807, 2.05) is 19.1 Å². The first-order chi connectivity index (χ1) is 15.5. The van der Waals surface area contributed by atoms with E-state index in [1.54, 1.807) is 19.2 Å². The number of amides is 1. The summed E-state index contributed by atoms with van der Waals surface area (Å²) in [6.45, 7) is 3.93. The summed E-state index contributed by atoms with van der Waals surface area (Å²) in [6, 6.07) is 13.5. The average molecular weight is 440 g/mol. The molecule has 1 aliphatic carbocycles. The van der Waals surface area contributed by atoms with Crippen molar-refractivity contribution in [1.29, 1.82) is 0 Å². The summed E-state index contributed by atoms with van der Waals surface area (Å²) >= 11 is 0. The van der Waals surface area contributed by atoms with E-state index in [1.165, 1.54) is 11.6 Å². The van der Waals surface area contributed by atoms with Crippen LogP contribution in [-0.4, -0.2) is 38.2 Å². The summed E-state index contributed by atoms with van der Waals surface area (Å²) in [5.41, 5.74) is 2.63. The molecule has 1 amide bonds. The van der Waals surface area contributed by atoms with Crippen LogP contribution in [-0.2, 0) is 0 Å². The highest BCUT2D eigenvalue weighted by molar-refractivity contribution is 5.94. The van der Waals surface area contributed by atoms with Gasteiger partial charge < -0.3 is 20.7 Å². The molecule has 3 atom stereocenters. The third kappa shape index (κ3) is 5.48. The zero-order valence-corrected chi connectivity index (χ0v) is 19.0.